The Kier molecular flexibility index (Phi) is 2.66. The highest BCUT2D eigenvalue weighted by molar-refractivity contribution is 7.10. The van der Waals surface area contributed by atoms with E-state index in [2.05, 4.69) is 18.0 Å². The zero-order chi connectivity index (χ0) is 7.40. The summed E-state index contributed by atoms with van der Waals surface area (Å²) in [5, 5.41) is 2.07. The molecule has 0 aliphatic heterocycles. The Morgan fingerprint density at radius 3 is 3.10 bits per heavy atom. The molecule has 54 valence electrons. The zero-order valence-corrected chi connectivity index (χ0v) is 6.66. The van der Waals surface area contributed by atoms with Crippen LogP contribution in [0.15, 0.2) is 24.1 Å². The number of rotatable bonds is 3. The van der Waals surface area contributed by atoms with E-state index in [4.69, 9.17) is 5.73 Å². The average Bonchev–Trinajstić information content (AvgIpc) is 2.36. The van der Waals surface area contributed by atoms with Gasteiger partial charge >= 0.3 is 0 Å². The van der Waals surface area contributed by atoms with Crippen molar-refractivity contribution in [1.82, 2.24) is 0 Å². The van der Waals surface area contributed by atoms with Crippen LogP contribution in [-0.4, -0.2) is 0 Å². The molecule has 0 saturated heterocycles. The third kappa shape index (κ3) is 1.46. The van der Waals surface area contributed by atoms with Crippen LogP contribution in [0.5, 0.6) is 0 Å². The predicted molar refractivity (Wildman–Crippen MR) is 46.1 cm³/mol. The smallest absolute Gasteiger partial charge is 0.0276 e. The molecule has 0 aliphatic rings. The van der Waals surface area contributed by atoms with E-state index in [0.717, 1.165) is 6.42 Å². The number of hydrogen-bond donors (Lipinski definition) is 1. The van der Waals surface area contributed by atoms with Crippen LogP contribution in [0, 0.1) is 0 Å². The van der Waals surface area contributed by atoms with Crippen molar-refractivity contribution in [1.29, 1.82) is 0 Å². The van der Waals surface area contributed by atoms with Gasteiger partial charge in [0.2, 0.25) is 0 Å². The maximum Gasteiger partial charge on any atom is 0.0276 e. The summed E-state index contributed by atoms with van der Waals surface area (Å²) in [4.78, 5) is 1.28. The second kappa shape index (κ2) is 3.54. The number of nitrogens with two attached hydrogens (primary N) is 1. The highest BCUT2D eigenvalue weighted by Gasteiger charge is 1.98. The Morgan fingerprint density at radius 1 is 1.70 bits per heavy atom. The van der Waals surface area contributed by atoms with Crippen LogP contribution in [0.4, 0.5) is 0 Å². The van der Waals surface area contributed by atoms with Crippen LogP contribution in [-0.2, 0) is 13.0 Å². The molecule has 1 heterocycles. The number of hydrogen-bond acceptors (Lipinski definition) is 2. The van der Waals surface area contributed by atoms with Crippen molar-refractivity contribution < 1.29 is 0 Å². The average molecular weight is 153 g/mol. The summed E-state index contributed by atoms with van der Waals surface area (Å²) in [5.41, 5.74) is 6.82. The van der Waals surface area contributed by atoms with E-state index >= 15 is 0 Å². The lowest BCUT2D eigenvalue weighted by atomic mass is 10.2. The summed E-state index contributed by atoms with van der Waals surface area (Å²) in [5.74, 6) is 0. The van der Waals surface area contributed by atoms with E-state index in [1.54, 1.807) is 11.3 Å². The Labute approximate surface area is 65.2 Å². The monoisotopic (exact) mass is 153 g/mol. The summed E-state index contributed by atoms with van der Waals surface area (Å²) in [6.07, 6.45) is 2.84. The van der Waals surface area contributed by atoms with Gasteiger partial charge in [-0.05, 0) is 23.4 Å². The van der Waals surface area contributed by atoms with Gasteiger partial charge in [-0.25, -0.2) is 0 Å². The van der Waals surface area contributed by atoms with Crippen LogP contribution in [0.3, 0.4) is 0 Å². The van der Waals surface area contributed by atoms with Gasteiger partial charge in [-0.15, -0.1) is 17.9 Å². The van der Waals surface area contributed by atoms with Gasteiger partial charge in [0.05, 0.1) is 0 Å². The molecule has 0 saturated carbocycles. The van der Waals surface area contributed by atoms with Gasteiger partial charge in [0.1, 0.15) is 0 Å². The van der Waals surface area contributed by atoms with Crippen LogP contribution in [0.1, 0.15) is 10.4 Å². The van der Waals surface area contributed by atoms with E-state index in [0.29, 0.717) is 6.54 Å². The van der Waals surface area contributed by atoms with Gasteiger partial charge < -0.3 is 5.73 Å². The minimum absolute atomic E-state index is 0.654. The topological polar surface area (TPSA) is 26.0 Å². The van der Waals surface area contributed by atoms with Crippen molar-refractivity contribution in [2.75, 3.05) is 0 Å². The van der Waals surface area contributed by atoms with Gasteiger partial charge in [0.15, 0.2) is 0 Å². The molecule has 1 nitrogen and oxygen atoms in total. The molecule has 10 heavy (non-hydrogen) atoms. The molecule has 0 aliphatic carbocycles. The fourth-order valence-electron chi connectivity index (χ4n) is 0.884. The van der Waals surface area contributed by atoms with Crippen LogP contribution >= 0.6 is 11.3 Å². The van der Waals surface area contributed by atoms with Gasteiger partial charge in [-0.1, -0.05) is 6.08 Å². The zero-order valence-electron chi connectivity index (χ0n) is 5.84. The highest BCUT2D eigenvalue weighted by atomic mass is 32.1. The van der Waals surface area contributed by atoms with Crippen molar-refractivity contribution in [2.45, 2.75) is 13.0 Å². The Bertz CT molecular complexity index is 215. The van der Waals surface area contributed by atoms with Crippen LogP contribution in [0.25, 0.3) is 0 Å². The minimum atomic E-state index is 0.654. The lowest BCUT2D eigenvalue weighted by Gasteiger charge is -1.94. The molecule has 2 heteroatoms. The molecule has 1 aromatic heterocycles. The summed E-state index contributed by atoms with van der Waals surface area (Å²) in [6.45, 7) is 4.33. The molecular weight excluding hydrogens is 142 g/mol. The van der Waals surface area contributed by atoms with E-state index in [1.165, 1.54) is 10.4 Å². The normalized spacial score (nSPS) is 9.70. The number of thiophene rings is 1. The molecule has 0 spiro atoms. The first-order valence-electron chi connectivity index (χ1n) is 3.24. The third-order valence-corrected chi connectivity index (χ3v) is 2.37. The molecule has 1 rings (SSSR count). The van der Waals surface area contributed by atoms with E-state index in [-0.39, 0.29) is 0 Å². The highest BCUT2D eigenvalue weighted by Crippen LogP contribution is 2.16. The van der Waals surface area contributed by atoms with Gasteiger partial charge in [-0.3, -0.25) is 0 Å². The summed E-state index contributed by atoms with van der Waals surface area (Å²) in [7, 11) is 0. The molecule has 0 bridgehead atoms. The van der Waals surface area contributed by atoms with E-state index < -0.39 is 0 Å². The minimum Gasteiger partial charge on any atom is -0.326 e. The lowest BCUT2D eigenvalue weighted by molar-refractivity contribution is 1.07. The van der Waals surface area contributed by atoms with Crippen molar-refractivity contribution in [3.63, 3.8) is 0 Å². The molecule has 0 radical (unpaired) electrons. The molecule has 0 fully saturated rings. The van der Waals surface area contributed by atoms with Crippen molar-refractivity contribution in [3.8, 4) is 0 Å². The first kappa shape index (κ1) is 7.51. The summed E-state index contributed by atoms with van der Waals surface area (Å²) in [6, 6.07) is 2.11. The quantitative estimate of drug-likeness (QED) is 0.660. The first-order chi connectivity index (χ1) is 4.88. The van der Waals surface area contributed by atoms with E-state index in [9.17, 15) is 0 Å². The maximum absolute atomic E-state index is 5.50. The van der Waals surface area contributed by atoms with Gasteiger partial charge in [0.25, 0.3) is 0 Å². The SMILES string of the molecule is C=CCc1ccsc1CN. The van der Waals surface area contributed by atoms with Crippen LogP contribution < -0.4 is 5.73 Å². The molecule has 0 amide bonds. The second-order valence-electron chi connectivity index (χ2n) is 2.07. The molecular formula is C8H11NS. The standard InChI is InChI=1S/C8H11NS/c1-2-3-7-4-5-10-8(7)6-9/h2,4-5H,1,3,6,9H2. The molecule has 0 unspecified atom stereocenters. The van der Waals surface area contributed by atoms with E-state index in [1.807, 2.05) is 6.08 Å². The summed E-state index contributed by atoms with van der Waals surface area (Å²) < 4.78 is 0. The maximum atomic E-state index is 5.50. The Balaban J connectivity index is 2.79. The second-order valence-corrected chi connectivity index (χ2v) is 3.07. The third-order valence-electron chi connectivity index (χ3n) is 1.39. The Hall–Kier alpha value is -0.600. The molecule has 2 N–H and O–H groups in total. The first-order valence-corrected chi connectivity index (χ1v) is 4.12. The lowest BCUT2D eigenvalue weighted by Crippen LogP contribution is -1.95. The van der Waals surface area contributed by atoms with Crippen molar-refractivity contribution >= 4 is 11.3 Å². The fraction of sp³-hybridized carbons (Fsp3) is 0.250. The largest absolute Gasteiger partial charge is 0.326 e. The van der Waals surface area contributed by atoms with Crippen LogP contribution in [0.2, 0.25) is 0 Å². The molecule has 0 atom stereocenters. The summed E-state index contributed by atoms with van der Waals surface area (Å²) >= 11 is 1.72. The Morgan fingerprint density at radius 2 is 2.50 bits per heavy atom. The number of allylic oxidation sites excluding steroid dienone is 1. The van der Waals surface area contributed by atoms with Crippen molar-refractivity contribution in [3.05, 3.63) is 34.5 Å². The molecule has 0 aromatic carbocycles. The van der Waals surface area contributed by atoms with Gasteiger partial charge in [0, 0.05) is 11.4 Å². The fourth-order valence-corrected chi connectivity index (χ4v) is 1.68. The van der Waals surface area contributed by atoms with Gasteiger partial charge in [-0.2, -0.15) is 0 Å². The van der Waals surface area contributed by atoms with Crippen molar-refractivity contribution in [2.24, 2.45) is 5.73 Å². The predicted octanol–water partition coefficient (Wildman–Crippen LogP) is 1.94. The molecule has 1 aromatic rings.